The molecule has 30 heavy (non-hydrogen) atoms. The first-order chi connectivity index (χ1) is 14.5. The van der Waals surface area contributed by atoms with Gasteiger partial charge in [-0.05, 0) is 38.1 Å². The minimum atomic E-state index is -0.808. The molecule has 0 radical (unpaired) electrons. The Bertz CT molecular complexity index is 1150. The van der Waals surface area contributed by atoms with Crippen molar-refractivity contribution in [2.24, 2.45) is 0 Å². The van der Waals surface area contributed by atoms with Crippen LogP contribution in [-0.2, 0) is 11.3 Å². The quantitative estimate of drug-likeness (QED) is 0.577. The largest absolute Gasteiger partial charge is 0.492 e. The highest BCUT2D eigenvalue weighted by Crippen LogP contribution is 2.23. The van der Waals surface area contributed by atoms with E-state index in [1.807, 2.05) is 13.8 Å². The van der Waals surface area contributed by atoms with E-state index in [1.165, 1.54) is 17.0 Å². The van der Waals surface area contributed by atoms with Gasteiger partial charge in [-0.2, -0.15) is 0 Å². The van der Waals surface area contributed by atoms with Gasteiger partial charge in [0.1, 0.15) is 18.0 Å². The Labute approximate surface area is 173 Å². The number of nitrogens with one attached hydrogen (secondary N) is 1. The summed E-state index contributed by atoms with van der Waals surface area (Å²) in [6, 6.07) is 13.9. The fourth-order valence-corrected chi connectivity index (χ4v) is 2.95. The number of anilines is 1. The summed E-state index contributed by atoms with van der Waals surface area (Å²) in [5, 5.41) is 2.71. The summed E-state index contributed by atoms with van der Waals surface area (Å²) in [4.78, 5) is 37.7. The highest BCUT2D eigenvalue weighted by molar-refractivity contribution is 5.92. The molecule has 0 atom stereocenters. The Morgan fingerprint density at radius 3 is 2.23 bits per heavy atom. The lowest BCUT2D eigenvalue weighted by molar-refractivity contribution is -0.116. The van der Waals surface area contributed by atoms with Crippen LogP contribution in [0, 0.1) is 0 Å². The van der Waals surface area contributed by atoms with Crippen LogP contribution < -0.4 is 25.9 Å². The molecule has 0 aliphatic carbocycles. The van der Waals surface area contributed by atoms with Gasteiger partial charge < -0.3 is 14.8 Å². The van der Waals surface area contributed by atoms with Crippen molar-refractivity contribution in [1.82, 2.24) is 9.13 Å². The molecule has 1 aromatic heterocycles. The van der Waals surface area contributed by atoms with Gasteiger partial charge in [0, 0.05) is 12.4 Å². The van der Waals surface area contributed by atoms with Crippen LogP contribution in [0.2, 0.25) is 0 Å². The summed E-state index contributed by atoms with van der Waals surface area (Å²) in [6.45, 7) is 4.25. The monoisotopic (exact) mass is 409 g/mol. The van der Waals surface area contributed by atoms with Gasteiger partial charge in [-0.25, -0.2) is 0 Å². The normalized spacial score (nSPS) is 10.5. The first-order valence-electron chi connectivity index (χ1n) is 9.61. The summed E-state index contributed by atoms with van der Waals surface area (Å²) >= 11 is 0. The summed E-state index contributed by atoms with van der Waals surface area (Å²) in [5.74, 6) is 0.573. The first-order valence-corrected chi connectivity index (χ1v) is 9.61. The number of rotatable bonds is 8. The van der Waals surface area contributed by atoms with Gasteiger partial charge in [-0.3, -0.25) is 23.5 Å². The van der Waals surface area contributed by atoms with Gasteiger partial charge in [0.2, 0.25) is 5.91 Å². The molecule has 0 bridgehead atoms. The second kappa shape index (κ2) is 9.60. The zero-order valence-electron chi connectivity index (χ0n) is 16.8. The predicted molar refractivity (Wildman–Crippen MR) is 114 cm³/mol. The highest BCUT2D eigenvalue weighted by Gasteiger charge is 2.13. The Balaban J connectivity index is 1.84. The molecule has 156 valence electrons. The molecule has 3 aromatic rings. The van der Waals surface area contributed by atoms with E-state index in [-0.39, 0.29) is 6.54 Å². The number of carbonyl (C=O) groups excluding carboxylic acids is 1. The molecule has 1 amide bonds. The lowest BCUT2D eigenvalue weighted by atomic mass is 10.3. The number of para-hydroxylation sites is 4. The number of aromatic nitrogens is 2. The zero-order chi connectivity index (χ0) is 21.5. The van der Waals surface area contributed by atoms with Crippen molar-refractivity contribution in [3.8, 4) is 17.2 Å². The topological polar surface area (TPSA) is 91.6 Å². The van der Waals surface area contributed by atoms with E-state index >= 15 is 0 Å². The van der Waals surface area contributed by atoms with E-state index in [1.54, 1.807) is 48.5 Å². The first kappa shape index (κ1) is 20.9. The zero-order valence-corrected chi connectivity index (χ0v) is 16.8. The van der Waals surface area contributed by atoms with Gasteiger partial charge in [-0.1, -0.05) is 24.3 Å². The van der Waals surface area contributed by atoms with Crippen LogP contribution in [0.4, 0.5) is 5.69 Å². The molecule has 0 unspecified atom stereocenters. The van der Waals surface area contributed by atoms with Gasteiger partial charge >= 0.3 is 11.1 Å². The smallest absolute Gasteiger partial charge is 0.321 e. The molecule has 0 aliphatic heterocycles. The van der Waals surface area contributed by atoms with Gasteiger partial charge in [0.25, 0.3) is 0 Å². The molecule has 0 aliphatic rings. The van der Waals surface area contributed by atoms with Crippen LogP contribution in [0.15, 0.2) is 70.5 Å². The van der Waals surface area contributed by atoms with E-state index in [9.17, 15) is 14.4 Å². The Hall–Kier alpha value is -3.81. The second-order valence-electron chi connectivity index (χ2n) is 6.28. The van der Waals surface area contributed by atoms with Crippen LogP contribution in [-0.4, -0.2) is 28.3 Å². The highest BCUT2D eigenvalue weighted by atomic mass is 16.5. The van der Waals surface area contributed by atoms with Crippen LogP contribution in [0.1, 0.15) is 13.8 Å². The molecule has 0 saturated carbocycles. The van der Waals surface area contributed by atoms with Crippen LogP contribution >= 0.6 is 0 Å². The molecule has 0 spiro atoms. The van der Waals surface area contributed by atoms with E-state index in [4.69, 9.17) is 9.47 Å². The molecule has 0 saturated heterocycles. The van der Waals surface area contributed by atoms with Crippen LogP contribution in [0.3, 0.4) is 0 Å². The number of ether oxygens (including phenoxy) is 2. The Kier molecular flexibility index (Phi) is 6.69. The molecular formula is C22H23N3O5. The summed E-state index contributed by atoms with van der Waals surface area (Å²) in [5.41, 5.74) is -0.621. The lowest BCUT2D eigenvalue weighted by Crippen LogP contribution is -2.41. The SMILES string of the molecule is CCOc1ccccc1NC(=O)Cn1ccn(-c2ccccc2OCC)c(=O)c1=O. The molecule has 8 heteroatoms. The fourth-order valence-electron chi connectivity index (χ4n) is 2.95. The van der Waals surface area contributed by atoms with Gasteiger partial charge in [0.05, 0.1) is 24.6 Å². The van der Waals surface area contributed by atoms with E-state index in [2.05, 4.69) is 5.32 Å². The minimum Gasteiger partial charge on any atom is -0.492 e. The third-order valence-corrected chi connectivity index (χ3v) is 4.26. The third kappa shape index (κ3) is 4.60. The van der Waals surface area contributed by atoms with Crippen molar-refractivity contribution in [2.75, 3.05) is 18.5 Å². The van der Waals surface area contributed by atoms with E-state index in [0.717, 1.165) is 4.57 Å². The van der Waals surface area contributed by atoms with Gasteiger partial charge in [-0.15, -0.1) is 0 Å². The number of hydrogen-bond acceptors (Lipinski definition) is 5. The van der Waals surface area contributed by atoms with Crippen molar-refractivity contribution in [2.45, 2.75) is 20.4 Å². The minimum absolute atomic E-state index is 0.303. The maximum atomic E-state index is 12.6. The van der Waals surface area contributed by atoms with Crippen molar-refractivity contribution in [1.29, 1.82) is 0 Å². The lowest BCUT2D eigenvalue weighted by Gasteiger charge is -2.14. The van der Waals surface area contributed by atoms with Crippen LogP contribution in [0.5, 0.6) is 11.5 Å². The van der Waals surface area contributed by atoms with Crippen molar-refractivity contribution in [3.63, 3.8) is 0 Å². The molecule has 2 aromatic carbocycles. The second-order valence-corrected chi connectivity index (χ2v) is 6.28. The van der Waals surface area contributed by atoms with Crippen molar-refractivity contribution >= 4 is 11.6 Å². The number of carbonyl (C=O) groups is 1. The Morgan fingerprint density at radius 2 is 1.50 bits per heavy atom. The molecule has 1 heterocycles. The summed E-state index contributed by atoms with van der Waals surface area (Å²) < 4.78 is 13.3. The molecule has 3 rings (SSSR count). The molecular weight excluding hydrogens is 386 g/mol. The van der Waals surface area contributed by atoms with Crippen molar-refractivity contribution < 1.29 is 14.3 Å². The molecule has 8 nitrogen and oxygen atoms in total. The van der Waals surface area contributed by atoms with E-state index < -0.39 is 17.0 Å². The summed E-state index contributed by atoms with van der Waals surface area (Å²) in [6.07, 6.45) is 2.85. The number of amides is 1. The Morgan fingerprint density at radius 1 is 0.867 bits per heavy atom. The maximum Gasteiger partial charge on any atom is 0.321 e. The fraction of sp³-hybridized carbons (Fsp3) is 0.227. The predicted octanol–water partition coefficient (Wildman–Crippen LogP) is 2.44. The molecule has 0 fully saturated rings. The number of nitrogens with zero attached hydrogens (tertiary/aromatic N) is 2. The average Bonchev–Trinajstić information content (AvgIpc) is 2.74. The third-order valence-electron chi connectivity index (χ3n) is 4.26. The number of hydrogen-bond donors (Lipinski definition) is 1. The molecule has 1 N–H and O–H groups in total. The van der Waals surface area contributed by atoms with E-state index in [0.29, 0.717) is 36.1 Å². The van der Waals surface area contributed by atoms with Gasteiger partial charge in [0.15, 0.2) is 0 Å². The summed E-state index contributed by atoms with van der Waals surface area (Å²) in [7, 11) is 0. The average molecular weight is 409 g/mol. The van der Waals surface area contributed by atoms with Crippen molar-refractivity contribution in [3.05, 3.63) is 81.6 Å². The van der Waals surface area contributed by atoms with Crippen LogP contribution in [0.25, 0.3) is 5.69 Å². The standard InChI is InChI=1S/C22H23N3O5/c1-3-29-18-11-7-5-9-16(18)23-20(26)15-24-13-14-25(22(28)21(24)27)17-10-6-8-12-19(17)30-4-2/h5-14H,3-4,15H2,1-2H3,(H,23,26). The maximum absolute atomic E-state index is 12.6. The number of benzene rings is 2.